The summed E-state index contributed by atoms with van der Waals surface area (Å²) >= 11 is 2.35. The van der Waals surface area contributed by atoms with Gasteiger partial charge >= 0.3 is 208 Å². The topological polar surface area (TPSA) is 0 Å². The first-order valence-electron chi connectivity index (χ1n) is 11.7. The summed E-state index contributed by atoms with van der Waals surface area (Å²) in [7, 11) is -2.47. The molecule has 0 radical (unpaired) electrons. The molecule has 0 amide bonds. The van der Waals surface area contributed by atoms with E-state index >= 15 is 0 Å². The van der Waals surface area contributed by atoms with E-state index in [1.165, 1.54) is 38.7 Å². The quantitative estimate of drug-likeness (QED) is 0.217. The molecule has 0 saturated heterocycles. The summed E-state index contributed by atoms with van der Waals surface area (Å²) in [6.45, 7) is 11.4. The van der Waals surface area contributed by atoms with Gasteiger partial charge in [0.2, 0.25) is 0 Å². The first-order chi connectivity index (χ1) is 15.4. The Balaban J connectivity index is 0.00000204. The van der Waals surface area contributed by atoms with Crippen LogP contribution >= 0.6 is 37.2 Å². The Hall–Kier alpha value is -1.06. The van der Waals surface area contributed by atoms with Gasteiger partial charge in [-0.1, -0.05) is 0 Å². The van der Waals surface area contributed by atoms with Crippen molar-refractivity contribution in [3.05, 3.63) is 110 Å². The van der Waals surface area contributed by atoms with Gasteiger partial charge in [0.05, 0.1) is 0 Å². The van der Waals surface area contributed by atoms with E-state index in [2.05, 4.69) is 134 Å². The minimum Gasteiger partial charge on any atom is -0.147 e. The maximum atomic E-state index is 2.58. The van der Waals surface area contributed by atoms with Gasteiger partial charge in [-0.25, -0.2) is 0 Å². The zero-order chi connectivity index (χ0) is 22.9. The molecule has 0 aromatic heterocycles. The number of rotatable bonds is 6. The molecule has 185 valence electrons. The first-order valence-corrected chi connectivity index (χ1v) is 14.5. The monoisotopic (exact) mass is 577 g/mol. The van der Waals surface area contributed by atoms with Crippen molar-refractivity contribution < 1.29 is 20.4 Å². The molecule has 0 spiro atoms. The minimum atomic E-state index is -2.47. The third kappa shape index (κ3) is 6.09. The van der Waals surface area contributed by atoms with Crippen molar-refractivity contribution in [2.24, 2.45) is 5.92 Å². The van der Waals surface area contributed by atoms with Gasteiger partial charge in [0.1, 0.15) is 0 Å². The fourth-order valence-corrected chi connectivity index (χ4v) is 11.8. The summed E-state index contributed by atoms with van der Waals surface area (Å²) in [6, 6.07) is 28.0. The van der Waals surface area contributed by atoms with Crippen LogP contribution in [0.25, 0.3) is 0 Å². The normalized spacial score (nSPS) is 13.8. The molecule has 35 heavy (non-hydrogen) atoms. The average Bonchev–Trinajstić information content (AvgIpc) is 3.16. The fraction of sp³-hybridized carbons (Fsp3) is 0.267. The summed E-state index contributed by atoms with van der Waals surface area (Å²) in [6.07, 6.45) is 4.83. The van der Waals surface area contributed by atoms with E-state index in [-0.39, 0.29) is 37.2 Å². The predicted molar refractivity (Wildman–Crippen MR) is 159 cm³/mol. The number of hydrogen-bond donors (Lipinski definition) is 0. The van der Waals surface area contributed by atoms with Crippen LogP contribution in [0.5, 0.6) is 0 Å². The van der Waals surface area contributed by atoms with Gasteiger partial charge in [0.15, 0.2) is 0 Å². The molecule has 1 aliphatic rings. The van der Waals surface area contributed by atoms with Crippen LogP contribution in [0.3, 0.4) is 0 Å². The van der Waals surface area contributed by atoms with E-state index in [0.29, 0.717) is 5.92 Å². The van der Waals surface area contributed by atoms with Crippen molar-refractivity contribution in [3.8, 4) is 0 Å². The molecule has 0 fully saturated rings. The van der Waals surface area contributed by atoms with Crippen LogP contribution in [0, 0.1) is 26.7 Å². The molecule has 0 saturated carbocycles. The van der Waals surface area contributed by atoms with Gasteiger partial charge in [-0.3, -0.25) is 0 Å². The van der Waals surface area contributed by atoms with Gasteiger partial charge in [0, 0.05) is 0 Å². The Morgan fingerprint density at radius 2 is 1.14 bits per heavy atom. The second-order valence-electron chi connectivity index (χ2n) is 9.38. The van der Waals surface area contributed by atoms with Crippen molar-refractivity contribution in [3.63, 3.8) is 0 Å². The smallest absolute Gasteiger partial charge is 0.147 e. The SMILES string of the molecule is CCC(C)C1=[C]([Ti])CC=C1[Si](c1cccc(C)c1)(c1cccc(C)c1)c1cccc(C)c1.Cl.Cl.Cl. The van der Waals surface area contributed by atoms with Crippen molar-refractivity contribution in [2.75, 3.05) is 0 Å². The molecule has 5 heteroatoms. The summed E-state index contributed by atoms with van der Waals surface area (Å²) < 4.78 is 1.55. The van der Waals surface area contributed by atoms with Crippen LogP contribution in [0.15, 0.2) is 93.5 Å². The molecule has 0 bridgehead atoms. The second kappa shape index (κ2) is 13.5. The molecule has 0 N–H and O–H groups in total. The Kier molecular flexibility index (Phi) is 12.3. The molecule has 0 heterocycles. The average molecular weight is 579 g/mol. The molecule has 1 atom stereocenters. The molecular weight excluding hydrogens is 543 g/mol. The molecule has 4 rings (SSSR count). The standard InChI is InChI=1S/C30H33Si.3ClH.Ti/c1-6-25(5)29-17-10-18-30(29)31(26-14-7-11-22(2)19-26,27-15-8-12-23(3)20-27)28-16-9-13-24(4)21-28;;;;/h7-9,11-16,18-21,25H,6,10H2,1-5H3;3*1H;. The van der Waals surface area contributed by atoms with Crippen LogP contribution in [0.2, 0.25) is 0 Å². The Morgan fingerprint density at radius 1 is 0.743 bits per heavy atom. The van der Waals surface area contributed by atoms with E-state index in [1.807, 2.05) is 0 Å². The zero-order valence-corrected chi connectivity index (χ0v) is 26.2. The zero-order valence-electron chi connectivity index (χ0n) is 21.2. The Labute approximate surface area is 243 Å². The van der Waals surface area contributed by atoms with Gasteiger partial charge < -0.3 is 0 Å². The maximum absolute atomic E-state index is 2.58. The Bertz CT molecular complexity index is 1100. The van der Waals surface area contributed by atoms with E-state index < -0.39 is 8.07 Å². The second-order valence-corrected chi connectivity index (χ2v) is 14.1. The van der Waals surface area contributed by atoms with E-state index in [0.717, 1.165) is 6.42 Å². The molecule has 1 aliphatic carbocycles. The van der Waals surface area contributed by atoms with Crippen molar-refractivity contribution in [1.29, 1.82) is 0 Å². The molecule has 0 nitrogen and oxygen atoms in total. The van der Waals surface area contributed by atoms with Gasteiger partial charge in [-0.15, -0.1) is 37.2 Å². The number of allylic oxidation sites excluding steroid dienone is 4. The summed E-state index contributed by atoms with van der Waals surface area (Å²) in [5.41, 5.74) is 5.63. The largest absolute Gasteiger partial charge is 0.147 e. The van der Waals surface area contributed by atoms with Crippen LogP contribution in [0.4, 0.5) is 0 Å². The molecule has 0 aliphatic heterocycles. The predicted octanol–water partition coefficient (Wildman–Crippen LogP) is 7.06. The number of aryl methyl sites for hydroxylation is 3. The van der Waals surface area contributed by atoms with Crippen LogP contribution in [0.1, 0.15) is 43.4 Å². The first kappa shape index (κ1) is 32.0. The van der Waals surface area contributed by atoms with Crippen molar-refractivity contribution in [2.45, 2.75) is 47.5 Å². The van der Waals surface area contributed by atoms with E-state index in [1.54, 1.807) is 14.6 Å². The minimum absolute atomic E-state index is 0. The van der Waals surface area contributed by atoms with Crippen LogP contribution < -0.4 is 15.6 Å². The van der Waals surface area contributed by atoms with Crippen molar-refractivity contribution in [1.82, 2.24) is 0 Å². The summed E-state index contributed by atoms with van der Waals surface area (Å²) in [4.78, 5) is 0. The van der Waals surface area contributed by atoms with Crippen LogP contribution in [-0.2, 0) is 20.4 Å². The summed E-state index contributed by atoms with van der Waals surface area (Å²) in [5, 5.41) is 6.10. The third-order valence-corrected chi connectivity index (χ3v) is 12.5. The maximum Gasteiger partial charge on any atom is -0.147 e. The molecule has 3 aromatic rings. The van der Waals surface area contributed by atoms with Crippen molar-refractivity contribution >= 4 is 60.9 Å². The summed E-state index contributed by atoms with van der Waals surface area (Å²) in [5.74, 6) is 0.565. The number of halogens is 3. The molecular formula is C30H36Cl3SiTi. The number of benzene rings is 3. The van der Waals surface area contributed by atoms with Gasteiger partial charge in [-0.05, 0) is 0 Å². The molecule has 3 aromatic carbocycles. The van der Waals surface area contributed by atoms with Gasteiger partial charge in [0.25, 0.3) is 0 Å². The van der Waals surface area contributed by atoms with E-state index in [4.69, 9.17) is 0 Å². The van der Waals surface area contributed by atoms with Gasteiger partial charge in [-0.2, -0.15) is 0 Å². The molecule has 1 unspecified atom stereocenters. The fourth-order valence-electron chi connectivity index (χ4n) is 5.31. The van der Waals surface area contributed by atoms with E-state index in [9.17, 15) is 0 Å². The third-order valence-electron chi connectivity index (χ3n) is 6.99. The van der Waals surface area contributed by atoms with Crippen LogP contribution in [-0.4, -0.2) is 8.07 Å². The number of hydrogen-bond acceptors (Lipinski definition) is 0. The Morgan fingerprint density at radius 3 is 1.49 bits per heavy atom.